The van der Waals surface area contributed by atoms with Crippen LogP contribution in [0.15, 0.2) is 10.7 Å². The lowest BCUT2D eigenvalue weighted by molar-refractivity contribution is -0.323. The first-order chi connectivity index (χ1) is 22.2. The highest BCUT2D eigenvalue weighted by molar-refractivity contribution is 5.97. The van der Waals surface area contributed by atoms with Crippen molar-refractivity contribution in [1.82, 2.24) is 5.32 Å². The molecular formula is C33H43NO12. The van der Waals surface area contributed by atoms with E-state index in [1.807, 2.05) is 0 Å². The number of nitrogens with one attached hydrogen (secondary N) is 1. The van der Waals surface area contributed by atoms with Crippen molar-refractivity contribution in [3.05, 3.63) is 23.0 Å². The van der Waals surface area contributed by atoms with E-state index in [1.54, 1.807) is 13.2 Å². The van der Waals surface area contributed by atoms with E-state index in [9.17, 15) is 35.1 Å². The Balaban J connectivity index is 1.44. The molecule has 46 heavy (non-hydrogen) atoms. The molecule has 1 saturated carbocycles. The first-order valence-corrected chi connectivity index (χ1v) is 16.5. The number of rotatable bonds is 9. The van der Waals surface area contributed by atoms with E-state index in [2.05, 4.69) is 5.32 Å². The van der Waals surface area contributed by atoms with E-state index < -0.39 is 55.8 Å². The number of amides is 1. The Labute approximate surface area is 265 Å². The Kier molecular flexibility index (Phi) is 8.43. The normalized spacial score (nSPS) is 35.5. The molecule has 3 fully saturated rings. The average Bonchev–Trinajstić information content (AvgIpc) is 3.78. The Morgan fingerprint density at radius 2 is 1.89 bits per heavy atom. The molecule has 13 nitrogen and oxygen atoms in total. The minimum Gasteiger partial charge on any atom is -0.483 e. The van der Waals surface area contributed by atoms with Crippen LogP contribution in [0, 0.1) is 11.8 Å². The summed E-state index contributed by atoms with van der Waals surface area (Å²) in [6.07, 6.45) is -0.613. The predicted molar refractivity (Wildman–Crippen MR) is 159 cm³/mol. The van der Waals surface area contributed by atoms with E-state index in [1.165, 1.54) is 0 Å². The lowest BCUT2D eigenvalue weighted by Gasteiger charge is -2.47. The number of ether oxygens (including phenoxy) is 4. The number of benzene rings is 1. The van der Waals surface area contributed by atoms with Gasteiger partial charge in [-0.15, -0.1) is 0 Å². The van der Waals surface area contributed by atoms with Crippen molar-refractivity contribution in [3.63, 3.8) is 0 Å². The maximum absolute atomic E-state index is 13.3. The molecule has 1 aromatic heterocycles. The van der Waals surface area contributed by atoms with Crippen LogP contribution < -0.4 is 14.8 Å². The van der Waals surface area contributed by atoms with Crippen LogP contribution in [0.5, 0.6) is 11.5 Å². The molecule has 13 heteroatoms. The number of fused-ring (bicyclic) bond motifs is 2. The molecule has 0 unspecified atom stereocenters. The molecular weight excluding hydrogens is 602 g/mol. The van der Waals surface area contributed by atoms with E-state index in [-0.39, 0.29) is 60.3 Å². The number of carbonyl (C=O) groups is 2. The van der Waals surface area contributed by atoms with Crippen molar-refractivity contribution in [2.75, 3.05) is 26.4 Å². The topological polar surface area (TPSA) is 197 Å². The molecule has 9 atom stereocenters. The van der Waals surface area contributed by atoms with E-state index >= 15 is 0 Å². The molecule has 7 rings (SSSR count). The van der Waals surface area contributed by atoms with Gasteiger partial charge in [0.1, 0.15) is 18.3 Å². The van der Waals surface area contributed by atoms with Crippen LogP contribution in [0.4, 0.5) is 0 Å². The Hall–Kier alpha value is -2.94. The van der Waals surface area contributed by atoms with Gasteiger partial charge in [0, 0.05) is 47.9 Å². The first kappa shape index (κ1) is 31.6. The fraction of sp³-hybridized carbons (Fsp3) is 0.697. The van der Waals surface area contributed by atoms with E-state index in [0.29, 0.717) is 30.5 Å². The monoisotopic (exact) mass is 645 g/mol. The number of furan rings is 1. The number of esters is 1. The van der Waals surface area contributed by atoms with Crippen LogP contribution in [0.2, 0.25) is 0 Å². The van der Waals surface area contributed by atoms with Gasteiger partial charge in [0.05, 0.1) is 31.5 Å². The van der Waals surface area contributed by atoms with Gasteiger partial charge in [-0.2, -0.15) is 0 Å². The lowest BCUT2D eigenvalue weighted by Crippen LogP contribution is -2.68. The summed E-state index contributed by atoms with van der Waals surface area (Å²) in [6, 6.07) is 0. The summed E-state index contributed by atoms with van der Waals surface area (Å²) in [5.74, 6) is -1.24. The van der Waals surface area contributed by atoms with Crippen LogP contribution in [-0.2, 0) is 25.5 Å². The minimum absolute atomic E-state index is 0.0434. The molecule has 3 heterocycles. The SMILES string of the molecule is CCOC(=O)[C@H]1Cc2c(O[C@H]3O[C@H](CO)[C@@H](O)[C@H](O)[C@]3(O)CCO)c(OC3CCCC3)c3occ4c3c2[C@@H](C1)C[C@H]1C(=O)NC[C@@H]41. The van der Waals surface area contributed by atoms with Crippen LogP contribution in [0.1, 0.15) is 80.4 Å². The van der Waals surface area contributed by atoms with E-state index in [4.69, 9.17) is 23.4 Å². The summed E-state index contributed by atoms with van der Waals surface area (Å²) >= 11 is 0. The zero-order chi connectivity index (χ0) is 32.3. The van der Waals surface area contributed by atoms with Crippen molar-refractivity contribution in [2.24, 2.45) is 11.8 Å². The second-order valence-electron chi connectivity index (χ2n) is 13.5. The number of carbonyl (C=O) groups excluding carboxylic acids is 2. The van der Waals surface area contributed by atoms with Gasteiger partial charge < -0.3 is 54.2 Å². The third-order valence-corrected chi connectivity index (χ3v) is 10.8. The summed E-state index contributed by atoms with van der Waals surface area (Å²) in [6.45, 7) is 1.18. The van der Waals surface area contributed by atoms with Gasteiger partial charge in [-0.3, -0.25) is 9.59 Å². The highest BCUT2D eigenvalue weighted by Crippen LogP contribution is 2.57. The Bertz CT molecular complexity index is 1480. The maximum atomic E-state index is 13.3. The van der Waals surface area contributed by atoms with Crippen LogP contribution in [0.25, 0.3) is 11.0 Å². The fourth-order valence-electron chi connectivity index (χ4n) is 8.50. The summed E-state index contributed by atoms with van der Waals surface area (Å²) < 4.78 is 30.9. The highest BCUT2D eigenvalue weighted by Gasteiger charge is 2.57. The maximum Gasteiger partial charge on any atom is 0.309 e. The molecule has 5 aliphatic rings. The third kappa shape index (κ3) is 4.98. The van der Waals surface area contributed by atoms with Crippen molar-refractivity contribution in [1.29, 1.82) is 0 Å². The first-order valence-electron chi connectivity index (χ1n) is 16.5. The van der Waals surface area contributed by atoms with Crippen molar-refractivity contribution in [3.8, 4) is 11.5 Å². The van der Waals surface area contributed by atoms with Crippen LogP contribution in [0.3, 0.4) is 0 Å². The van der Waals surface area contributed by atoms with Crippen molar-refractivity contribution < 1.29 is 58.5 Å². The molecule has 6 N–H and O–H groups in total. The van der Waals surface area contributed by atoms with Gasteiger partial charge in [0.2, 0.25) is 17.9 Å². The zero-order valence-corrected chi connectivity index (χ0v) is 25.9. The van der Waals surface area contributed by atoms with Crippen LogP contribution >= 0.6 is 0 Å². The van der Waals surface area contributed by atoms with Gasteiger partial charge in [0.25, 0.3) is 0 Å². The quantitative estimate of drug-likeness (QED) is 0.213. The minimum atomic E-state index is -2.28. The van der Waals surface area contributed by atoms with Gasteiger partial charge >= 0.3 is 5.97 Å². The van der Waals surface area contributed by atoms with Gasteiger partial charge in [-0.05, 0) is 63.4 Å². The second-order valence-corrected chi connectivity index (χ2v) is 13.5. The second kappa shape index (κ2) is 12.3. The standard InChI is InChI=1S/C33H43NO12/c1-2-42-31(40)16-9-15-10-18-20(12-34-30(18)39)21-14-43-27-24(21)23(15)19(11-16)26(28(27)44-17-5-3-4-6-17)46-32-33(41,7-8-35)29(38)25(37)22(13-36)45-32/h14-18,20,22,25,29,32,35-38,41H,2-13H2,1H3,(H,34,39)/t15-,16+,18+,20+,22+,25+,29-,32+,33+/m0/s1. The summed E-state index contributed by atoms with van der Waals surface area (Å²) in [5, 5.41) is 57.0. The summed E-state index contributed by atoms with van der Waals surface area (Å²) in [7, 11) is 0. The zero-order valence-electron chi connectivity index (χ0n) is 25.9. The molecule has 2 saturated heterocycles. The van der Waals surface area contributed by atoms with Gasteiger partial charge in [-0.25, -0.2) is 0 Å². The Morgan fingerprint density at radius 3 is 2.61 bits per heavy atom. The van der Waals surface area contributed by atoms with E-state index in [0.717, 1.165) is 42.2 Å². The van der Waals surface area contributed by atoms with Gasteiger partial charge in [0.15, 0.2) is 16.9 Å². The molecule has 2 aromatic rings. The molecule has 0 radical (unpaired) electrons. The number of aliphatic hydroxyl groups is 5. The third-order valence-electron chi connectivity index (χ3n) is 10.8. The summed E-state index contributed by atoms with van der Waals surface area (Å²) in [4.78, 5) is 26.4. The number of hydrogen-bond acceptors (Lipinski definition) is 12. The molecule has 1 amide bonds. The average molecular weight is 646 g/mol. The lowest BCUT2D eigenvalue weighted by atomic mass is 9.72. The molecule has 3 aliphatic carbocycles. The highest BCUT2D eigenvalue weighted by atomic mass is 16.7. The number of hydrogen-bond donors (Lipinski definition) is 6. The number of aliphatic hydroxyl groups excluding tert-OH is 4. The fourth-order valence-corrected chi connectivity index (χ4v) is 8.50. The smallest absolute Gasteiger partial charge is 0.309 e. The van der Waals surface area contributed by atoms with Gasteiger partial charge in [-0.1, -0.05) is 0 Å². The van der Waals surface area contributed by atoms with Crippen molar-refractivity contribution >= 4 is 22.8 Å². The van der Waals surface area contributed by atoms with Crippen molar-refractivity contribution in [2.45, 2.75) is 106 Å². The molecule has 0 spiro atoms. The van der Waals surface area contributed by atoms with Crippen LogP contribution in [-0.4, -0.2) is 100 Å². The Morgan fingerprint density at radius 1 is 1.11 bits per heavy atom. The largest absolute Gasteiger partial charge is 0.483 e. The molecule has 0 bridgehead atoms. The summed E-state index contributed by atoms with van der Waals surface area (Å²) in [5.41, 5.74) is 0.554. The predicted octanol–water partition coefficient (Wildman–Crippen LogP) is 1.13. The molecule has 1 aromatic carbocycles. The molecule has 252 valence electrons. The molecule has 2 aliphatic heterocycles.